The minimum absolute atomic E-state index is 0.478. The van der Waals surface area contributed by atoms with Gasteiger partial charge in [-0.2, -0.15) is 0 Å². The molecular weight excluding hydrogens is 244 g/mol. The Morgan fingerprint density at radius 1 is 1.10 bits per heavy atom. The van der Waals surface area contributed by atoms with Gasteiger partial charge in [-0.1, -0.05) is 48.5 Å². The van der Waals surface area contributed by atoms with Crippen molar-refractivity contribution in [3.05, 3.63) is 65.7 Å². The number of fused-ring (bicyclic) bond motifs is 1. The van der Waals surface area contributed by atoms with E-state index in [4.69, 9.17) is 0 Å². The summed E-state index contributed by atoms with van der Waals surface area (Å²) >= 11 is 0. The second kappa shape index (κ2) is 5.68. The molecule has 2 aromatic carbocycles. The van der Waals surface area contributed by atoms with Crippen LogP contribution in [0.1, 0.15) is 18.1 Å². The molecule has 0 fully saturated rings. The topological polar surface area (TPSA) is 15.3 Å². The SMILES string of the molecule is CNC(C)C1Cc2ccccc2N1Cc1ccccc1. The van der Waals surface area contributed by atoms with Gasteiger partial charge >= 0.3 is 0 Å². The third-order valence-corrected chi connectivity index (χ3v) is 4.36. The first-order chi connectivity index (χ1) is 9.79. The predicted octanol–water partition coefficient (Wildman–Crippen LogP) is 3.23. The quantitative estimate of drug-likeness (QED) is 0.914. The summed E-state index contributed by atoms with van der Waals surface area (Å²) in [5.41, 5.74) is 4.23. The maximum absolute atomic E-state index is 3.42. The van der Waals surface area contributed by atoms with Crippen molar-refractivity contribution in [3.63, 3.8) is 0 Å². The molecule has 2 unspecified atom stereocenters. The number of nitrogens with one attached hydrogen (secondary N) is 1. The Morgan fingerprint density at radius 2 is 1.80 bits per heavy atom. The average Bonchev–Trinajstić information content (AvgIpc) is 2.86. The van der Waals surface area contributed by atoms with Crippen LogP contribution in [0, 0.1) is 0 Å². The molecular formula is C18H22N2. The standard InChI is InChI=1S/C18H22N2/c1-14(19-2)18-12-16-10-6-7-11-17(16)20(18)13-15-8-4-3-5-9-15/h3-11,14,18-19H,12-13H2,1-2H3. The first kappa shape index (κ1) is 13.2. The number of likely N-dealkylation sites (N-methyl/N-ethyl adjacent to an activating group) is 1. The van der Waals surface area contributed by atoms with E-state index in [-0.39, 0.29) is 0 Å². The zero-order valence-corrected chi connectivity index (χ0v) is 12.2. The summed E-state index contributed by atoms with van der Waals surface area (Å²) in [6.45, 7) is 3.25. The van der Waals surface area contributed by atoms with Gasteiger partial charge in [0, 0.05) is 24.3 Å². The average molecular weight is 266 g/mol. The Hall–Kier alpha value is -1.80. The van der Waals surface area contributed by atoms with Crippen LogP contribution < -0.4 is 10.2 Å². The van der Waals surface area contributed by atoms with Crippen LogP contribution in [-0.2, 0) is 13.0 Å². The maximum atomic E-state index is 3.42. The van der Waals surface area contributed by atoms with Crippen molar-refractivity contribution in [1.29, 1.82) is 0 Å². The number of hydrogen-bond donors (Lipinski definition) is 1. The molecule has 2 atom stereocenters. The minimum Gasteiger partial charge on any atom is -0.362 e. The summed E-state index contributed by atoms with van der Waals surface area (Å²) in [5.74, 6) is 0. The molecule has 0 bridgehead atoms. The van der Waals surface area contributed by atoms with E-state index in [1.165, 1.54) is 16.8 Å². The smallest absolute Gasteiger partial charge is 0.0485 e. The lowest BCUT2D eigenvalue weighted by Crippen LogP contribution is -2.45. The van der Waals surface area contributed by atoms with E-state index in [0.717, 1.165) is 13.0 Å². The second-order valence-corrected chi connectivity index (χ2v) is 5.59. The van der Waals surface area contributed by atoms with Gasteiger partial charge < -0.3 is 10.2 Å². The van der Waals surface area contributed by atoms with Crippen molar-refractivity contribution >= 4 is 5.69 Å². The summed E-state index contributed by atoms with van der Waals surface area (Å²) < 4.78 is 0. The van der Waals surface area contributed by atoms with Crippen molar-refractivity contribution in [2.24, 2.45) is 0 Å². The molecule has 104 valence electrons. The van der Waals surface area contributed by atoms with Crippen LogP contribution in [0.25, 0.3) is 0 Å². The van der Waals surface area contributed by atoms with Crippen molar-refractivity contribution < 1.29 is 0 Å². The number of rotatable bonds is 4. The molecule has 1 N–H and O–H groups in total. The van der Waals surface area contributed by atoms with Crippen molar-refractivity contribution in [2.45, 2.75) is 32.0 Å². The molecule has 0 aliphatic carbocycles. The lowest BCUT2D eigenvalue weighted by molar-refractivity contribution is 0.470. The van der Waals surface area contributed by atoms with Gasteiger partial charge in [0.05, 0.1) is 0 Å². The fraction of sp³-hybridized carbons (Fsp3) is 0.333. The molecule has 1 aliphatic rings. The Morgan fingerprint density at radius 3 is 2.55 bits per heavy atom. The number of para-hydroxylation sites is 1. The van der Waals surface area contributed by atoms with E-state index in [1.54, 1.807) is 0 Å². The van der Waals surface area contributed by atoms with Gasteiger partial charge in [0.1, 0.15) is 0 Å². The number of benzene rings is 2. The van der Waals surface area contributed by atoms with Crippen molar-refractivity contribution in [2.75, 3.05) is 11.9 Å². The highest BCUT2D eigenvalue weighted by atomic mass is 15.2. The van der Waals surface area contributed by atoms with Crippen LogP contribution in [0.15, 0.2) is 54.6 Å². The summed E-state index contributed by atoms with van der Waals surface area (Å²) in [7, 11) is 2.05. The normalized spacial score (nSPS) is 18.9. The van der Waals surface area contributed by atoms with Crippen molar-refractivity contribution in [1.82, 2.24) is 5.32 Å². The van der Waals surface area contributed by atoms with Crippen molar-refractivity contribution in [3.8, 4) is 0 Å². The third kappa shape index (κ3) is 2.44. The Kier molecular flexibility index (Phi) is 3.75. The number of hydrogen-bond acceptors (Lipinski definition) is 2. The lowest BCUT2D eigenvalue weighted by Gasteiger charge is -2.32. The Labute approximate surface area is 121 Å². The maximum Gasteiger partial charge on any atom is 0.0485 e. The van der Waals surface area contributed by atoms with Gasteiger partial charge in [0.25, 0.3) is 0 Å². The van der Waals surface area contributed by atoms with Crippen LogP contribution >= 0.6 is 0 Å². The first-order valence-corrected chi connectivity index (χ1v) is 7.35. The Balaban J connectivity index is 1.91. The minimum atomic E-state index is 0.478. The van der Waals surface area contributed by atoms with E-state index in [2.05, 4.69) is 71.7 Å². The van der Waals surface area contributed by atoms with Gasteiger partial charge in [-0.05, 0) is 37.6 Å². The molecule has 1 heterocycles. The van der Waals surface area contributed by atoms with Gasteiger partial charge in [0.15, 0.2) is 0 Å². The lowest BCUT2D eigenvalue weighted by atomic mass is 10.0. The van der Waals surface area contributed by atoms with Crippen LogP contribution in [0.5, 0.6) is 0 Å². The molecule has 0 saturated heterocycles. The molecule has 0 amide bonds. The molecule has 2 heteroatoms. The molecule has 0 spiro atoms. The predicted molar refractivity (Wildman–Crippen MR) is 85.1 cm³/mol. The van der Waals surface area contributed by atoms with Crippen LogP contribution in [0.2, 0.25) is 0 Å². The van der Waals surface area contributed by atoms with E-state index in [1.807, 2.05) is 7.05 Å². The molecule has 0 aromatic heterocycles. The van der Waals surface area contributed by atoms with Gasteiger partial charge in [0.2, 0.25) is 0 Å². The molecule has 0 radical (unpaired) electrons. The van der Waals surface area contributed by atoms with E-state index in [0.29, 0.717) is 12.1 Å². The number of anilines is 1. The van der Waals surface area contributed by atoms with E-state index in [9.17, 15) is 0 Å². The Bertz CT molecular complexity index is 565. The van der Waals surface area contributed by atoms with Gasteiger partial charge in [-0.3, -0.25) is 0 Å². The zero-order valence-electron chi connectivity index (χ0n) is 12.2. The molecule has 0 saturated carbocycles. The molecule has 1 aliphatic heterocycles. The van der Waals surface area contributed by atoms with Gasteiger partial charge in [-0.25, -0.2) is 0 Å². The summed E-state index contributed by atoms with van der Waals surface area (Å²) in [5, 5.41) is 3.42. The zero-order chi connectivity index (χ0) is 13.9. The molecule has 20 heavy (non-hydrogen) atoms. The highest BCUT2D eigenvalue weighted by molar-refractivity contribution is 5.60. The highest BCUT2D eigenvalue weighted by Crippen LogP contribution is 2.34. The molecule has 2 nitrogen and oxygen atoms in total. The molecule has 3 rings (SSSR count). The van der Waals surface area contributed by atoms with Crippen LogP contribution in [0.4, 0.5) is 5.69 Å². The third-order valence-electron chi connectivity index (χ3n) is 4.36. The second-order valence-electron chi connectivity index (χ2n) is 5.59. The summed E-state index contributed by atoms with van der Waals surface area (Å²) in [6, 6.07) is 20.5. The largest absolute Gasteiger partial charge is 0.362 e. The highest BCUT2D eigenvalue weighted by Gasteiger charge is 2.32. The summed E-state index contributed by atoms with van der Waals surface area (Å²) in [4.78, 5) is 2.55. The van der Waals surface area contributed by atoms with Crippen LogP contribution in [0.3, 0.4) is 0 Å². The fourth-order valence-corrected chi connectivity index (χ4v) is 3.10. The monoisotopic (exact) mass is 266 g/mol. The summed E-state index contributed by atoms with van der Waals surface area (Å²) in [6.07, 6.45) is 1.13. The number of nitrogens with zero attached hydrogens (tertiary/aromatic N) is 1. The van der Waals surface area contributed by atoms with Crippen LogP contribution in [-0.4, -0.2) is 19.1 Å². The molecule has 2 aromatic rings. The fourth-order valence-electron chi connectivity index (χ4n) is 3.10. The first-order valence-electron chi connectivity index (χ1n) is 7.35. The van der Waals surface area contributed by atoms with E-state index >= 15 is 0 Å². The van der Waals surface area contributed by atoms with Gasteiger partial charge in [-0.15, -0.1) is 0 Å². The van der Waals surface area contributed by atoms with E-state index < -0.39 is 0 Å².